The largest absolute Gasteiger partial charge is 0.496 e. The van der Waals surface area contributed by atoms with Crippen molar-refractivity contribution in [2.75, 3.05) is 21.2 Å². The standard InChI is InChI=1S/C16H23N3O4/c1-10-14(19(21)22)7-11(8-15(10)23-4)16(20)17-12-5-6-13(9-12)18(2)3/h7-8,12-13H,5-6,9H2,1-4H3,(H,17,20)/t12-,13+/m0/s1. The van der Waals surface area contributed by atoms with Gasteiger partial charge in [0.15, 0.2) is 0 Å². The Morgan fingerprint density at radius 1 is 1.39 bits per heavy atom. The van der Waals surface area contributed by atoms with E-state index in [9.17, 15) is 14.9 Å². The molecule has 1 aromatic carbocycles. The average Bonchev–Trinajstić information content (AvgIpc) is 2.95. The highest BCUT2D eigenvalue weighted by Crippen LogP contribution is 2.30. The molecule has 1 amide bonds. The zero-order chi connectivity index (χ0) is 17.1. The molecule has 0 aromatic heterocycles. The average molecular weight is 321 g/mol. The number of nitro groups is 1. The molecule has 0 unspecified atom stereocenters. The van der Waals surface area contributed by atoms with Crippen LogP contribution in [0.15, 0.2) is 12.1 Å². The fourth-order valence-electron chi connectivity index (χ4n) is 3.03. The Labute approximate surface area is 135 Å². The van der Waals surface area contributed by atoms with Gasteiger partial charge in [-0.1, -0.05) is 0 Å². The molecule has 1 aliphatic carbocycles. The molecule has 126 valence electrons. The number of benzene rings is 1. The topological polar surface area (TPSA) is 84.7 Å². The predicted molar refractivity (Wildman–Crippen MR) is 87.0 cm³/mol. The molecule has 1 aliphatic rings. The molecule has 2 atom stereocenters. The van der Waals surface area contributed by atoms with Crippen LogP contribution in [-0.2, 0) is 0 Å². The number of carbonyl (C=O) groups is 1. The second-order valence-corrected chi connectivity index (χ2v) is 6.18. The number of amides is 1. The Hall–Kier alpha value is -2.15. The van der Waals surface area contributed by atoms with Gasteiger partial charge in [-0.3, -0.25) is 14.9 Å². The summed E-state index contributed by atoms with van der Waals surface area (Å²) in [6.07, 6.45) is 2.85. The molecule has 0 aliphatic heterocycles. The lowest BCUT2D eigenvalue weighted by atomic mass is 10.1. The minimum absolute atomic E-state index is 0.0984. The number of hydrogen-bond acceptors (Lipinski definition) is 5. The maximum atomic E-state index is 12.4. The first-order valence-corrected chi connectivity index (χ1v) is 7.63. The van der Waals surface area contributed by atoms with Gasteiger partial charge in [-0.2, -0.15) is 0 Å². The maximum Gasteiger partial charge on any atom is 0.276 e. The van der Waals surface area contributed by atoms with E-state index in [0.29, 0.717) is 17.4 Å². The Balaban J connectivity index is 2.16. The van der Waals surface area contributed by atoms with Crippen molar-refractivity contribution in [2.45, 2.75) is 38.3 Å². The lowest BCUT2D eigenvalue weighted by molar-refractivity contribution is -0.385. The molecule has 0 heterocycles. The van der Waals surface area contributed by atoms with E-state index in [2.05, 4.69) is 10.2 Å². The van der Waals surface area contributed by atoms with E-state index in [0.717, 1.165) is 19.3 Å². The number of carbonyl (C=O) groups excluding carboxylic acids is 1. The lowest BCUT2D eigenvalue weighted by Gasteiger charge is -2.19. The van der Waals surface area contributed by atoms with Crippen LogP contribution >= 0.6 is 0 Å². The molecule has 7 heteroatoms. The van der Waals surface area contributed by atoms with E-state index >= 15 is 0 Å². The van der Waals surface area contributed by atoms with Crippen molar-refractivity contribution in [3.05, 3.63) is 33.4 Å². The molecule has 1 saturated carbocycles. The van der Waals surface area contributed by atoms with Gasteiger partial charge in [0.25, 0.3) is 11.6 Å². The molecule has 23 heavy (non-hydrogen) atoms. The number of nitrogens with one attached hydrogen (secondary N) is 1. The summed E-state index contributed by atoms with van der Waals surface area (Å²) < 4.78 is 5.15. The van der Waals surface area contributed by atoms with Crippen LogP contribution in [0.4, 0.5) is 5.69 Å². The predicted octanol–water partition coefficient (Wildman–Crippen LogP) is 2.12. The van der Waals surface area contributed by atoms with E-state index in [1.807, 2.05) is 14.1 Å². The van der Waals surface area contributed by atoms with Crippen molar-refractivity contribution >= 4 is 11.6 Å². The maximum absolute atomic E-state index is 12.4. The molecule has 1 aromatic rings. The molecule has 0 bridgehead atoms. The first-order chi connectivity index (χ1) is 10.8. The third kappa shape index (κ3) is 3.79. The minimum Gasteiger partial charge on any atom is -0.496 e. The number of methoxy groups -OCH3 is 1. The Kier molecular flexibility index (Phi) is 5.20. The summed E-state index contributed by atoms with van der Waals surface area (Å²) >= 11 is 0. The minimum atomic E-state index is -0.494. The van der Waals surface area contributed by atoms with Crippen LogP contribution in [0.1, 0.15) is 35.2 Å². The molecular weight excluding hydrogens is 298 g/mol. The smallest absolute Gasteiger partial charge is 0.276 e. The third-order valence-electron chi connectivity index (χ3n) is 4.48. The van der Waals surface area contributed by atoms with Gasteiger partial charge in [-0.15, -0.1) is 0 Å². The van der Waals surface area contributed by atoms with Crippen LogP contribution in [0.25, 0.3) is 0 Å². The Bertz CT molecular complexity index is 616. The SMILES string of the molecule is COc1cc(C(=O)N[C@H]2CC[C@@H](N(C)C)C2)cc([N+](=O)[O-])c1C. The van der Waals surface area contributed by atoms with E-state index in [1.165, 1.54) is 13.2 Å². The van der Waals surface area contributed by atoms with Gasteiger partial charge in [0.1, 0.15) is 5.75 Å². The van der Waals surface area contributed by atoms with Gasteiger partial charge in [-0.05, 0) is 46.3 Å². The summed E-state index contributed by atoms with van der Waals surface area (Å²) in [4.78, 5) is 25.2. The van der Waals surface area contributed by atoms with Crippen molar-refractivity contribution in [1.82, 2.24) is 10.2 Å². The van der Waals surface area contributed by atoms with Crippen LogP contribution in [0.3, 0.4) is 0 Å². The molecule has 0 spiro atoms. The van der Waals surface area contributed by atoms with Crippen LogP contribution in [0.5, 0.6) is 5.75 Å². The van der Waals surface area contributed by atoms with Crippen molar-refractivity contribution in [3.8, 4) is 5.75 Å². The van der Waals surface area contributed by atoms with Crippen LogP contribution < -0.4 is 10.1 Å². The highest BCUT2D eigenvalue weighted by molar-refractivity contribution is 5.95. The van der Waals surface area contributed by atoms with Gasteiger partial charge in [0, 0.05) is 23.7 Å². The third-order valence-corrected chi connectivity index (χ3v) is 4.48. The number of rotatable bonds is 5. The zero-order valence-electron chi connectivity index (χ0n) is 14.0. The number of hydrogen-bond donors (Lipinski definition) is 1. The van der Waals surface area contributed by atoms with Crippen LogP contribution in [0, 0.1) is 17.0 Å². The summed E-state index contributed by atoms with van der Waals surface area (Å²) in [5, 5.41) is 14.1. The van der Waals surface area contributed by atoms with Gasteiger partial charge in [0.05, 0.1) is 17.6 Å². The molecule has 0 radical (unpaired) electrons. The Morgan fingerprint density at radius 3 is 2.61 bits per heavy atom. The monoisotopic (exact) mass is 321 g/mol. The molecular formula is C16H23N3O4. The summed E-state index contributed by atoms with van der Waals surface area (Å²) in [7, 11) is 5.50. The van der Waals surface area contributed by atoms with E-state index in [-0.39, 0.29) is 23.2 Å². The van der Waals surface area contributed by atoms with Gasteiger partial charge < -0.3 is 15.0 Å². The molecule has 0 saturated heterocycles. The lowest BCUT2D eigenvalue weighted by Crippen LogP contribution is -2.35. The number of nitro benzene ring substituents is 1. The molecule has 1 N–H and O–H groups in total. The summed E-state index contributed by atoms with van der Waals surface area (Å²) in [5.41, 5.74) is 0.571. The highest BCUT2D eigenvalue weighted by atomic mass is 16.6. The quantitative estimate of drug-likeness (QED) is 0.663. The van der Waals surface area contributed by atoms with E-state index < -0.39 is 4.92 Å². The van der Waals surface area contributed by atoms with Gasteiger partial charge >= 0.3 is 0 Å². The molecule has 1 fully saturated rings. The highest BCUT2D eigenvalue weighted by Gasteiger charge is 2.28. The normalized spacial score (nSPS) is 20.6. The zero-order valence-corrected chi connectivity index (χ0v) is 14.0. The second-order valence-electron chi connectivity index (χ2n) is 6.18. The fourth-order valence-corrected chi connectivity index (χ4v) is 3.03. The van der Waals surface area contributed by atoms with E-state index in [4.69, 9.17) is 4.74 Å². The fraction of sp³-hybridized carbons (Fsp3) is 0.562. The van der Waals surface area contributed by atoms with Crippen LogP contribution in [0.2, 0.25) is 0 Å². The number of ether oxygens (including phenoxy) is 1. The second kappa shape index (κ2) is 6.95. The van der Waals surface area contributed by atoms with Crippen molar-refractivity contribution < 1.29 is 14.5 Å². The molecule has 2 rings (SSSR count). The van der Waals surface area contributed by atoms with Gasteiger partial charge in [-0.25, -0.2) is 0 Å². The van der Waals surface area contributed by atoms with Crippen molar-refractivity contribution in [3.63, 3.8) is 0 Å². The first-order valence-electron chi connectivity index (χ1n) is 7.63. The summed E-state index contributed by atoms with van der Waals surface area (Å²) in [6.45, 7) is 1.61. The first kappa shape index (κ1) is 17.2. The molecule has 7 nitrogen and oxygen atoms in total. The Morgan fingerprint density at radius 2 is 2.09 bits per heavy atom. The summed E-state index contributed by atoms with van der Waals surface area (Å²) in [5.74, 6) is 0.0535. The van der Waals surface area contributed by atoms with Crippen molar-refractivity contribution in [2.24, 2.45) is 0 Å². The van der Waals surface area contributed by atoms with Crippen molar-refractivity contribution in [1.29, 1.82) is 0 Å². The van der Waals surface area contributed by atoms with E-state index in [1.54, 1.807) is 13.0 Å². The van der Waals surface area contributed by atoms with Crippen LogP contribution in [-0.4, -0.2) is 49.0 Å². The van der Waals surface area contributed by atoms with Gasteiger partial charge in [0.2, 0.25) is 0 Å². The number of nitrogens with zero attached hydrogens (tertiary/aromatic N) is 2. The summed E-state index contributed by atoms with van der Waals surface area (Å²) in [6, 6.07) is 3.42.